The number of carbonyl (C=O) groups is 1. The first kappa shape index (κ1) is 16.5. The van der Waals surface area contributed by atoms with E-state index in [-0.39, 0.29) is 41.6 Å². The molecule has 4 rings (SSSR count). The normalized spacial score (nSPS) is 24.3. The highest BCUT2D eigenvalue weighted by molar-refractivity contribution is 5.95. The van der Waals surface area contributed by atoms with Crippen molar-refractivity contribution in [1.82, 2.24) is 0 Å². The van der Waals surface area contributed by atoms with Gasteiger partial charge >= 0.3 is 0 Å². The maximum Gasteiger partial charge on any atom is 0.197 e. The quantitative estimate of drug-likeness (QED) is 0.732. The van der Waals surface area contributed by atoms with Gasteiger partial charge < -0.3 is 20.3 Å². The zero-order valence-corrected chi connectivity index (χ0v) is 14.5. The number of phenols is 2. The van der Waals surface area contributed by atoms with Crippen LogP contribution in [-0.4, -0.2) is 23.1 Å². The Kier molecular flexibility index (Phi) is 4.07. The number of allylic oxidation sites excluding steroid dienone is 2. The molecule has 3 unspecified atom stereocenters. The van der Waals surface area contributed by atoms with E-state index in [1.165, 1.54) is 13.2 Å². The van der Waals surface area contributed by atoms with E-state index < -0.39 is 0 Å². The minimum absolute atomic E-state index is 0.0392. The molecule has 0 radical (unpaired) electrons. The van der Waals surface area contributed by atoms with Crippen LogP contribution in [-0.2, 0) is 9.53 Å². The van der Waals surface area contributed by atoms with Crippen molar-refractivity contribution in [3.8, 4) is 11.5 Å². The van der Waals surface area contributed by atoms with Crippen molar-refractivity contribution in [3.63, 3.8) is 0 Å². The van der Waals surface area contributed by atoms with E-state index in [4.69, 9.17) is 4.74 Å². The lowest BCUT2D eigenvalue weighted by Gasteiger charge is -2.39. The van der Waals surface area contributed by atoms with Crippen LogP contribution in [0.3, 0.4) is 0 Å². The minimum atomic E-state index is -0.156. The molecule has 0 fully saturated rings. The number of fused-ring (bicyclic) bond motifs is 3. The number of ether oxygens (including phenoxy) is 1. The third-order valence-corrected chi connectivity index (χ3v) is 5.38. The number of carbonyl (C=O) groups excluding carboxylic acids is 1. The number of aromatic hydroxyl groups is 2. The molecule has 0 amide bonds. The number of methoxy groups -OCH3 is 1. The maximum absolute atomic E-state index is 12.3. The van der Waals surface area contributed by atoms with Crippen molar-refractivity contribution in [1.29, 1.82) is 0 Å². The van der Waals surface area contributed by atoms with Crippen LogP contribution in [0.2, 0.25) is 0 Å². The molecule has 5 heteroatoms. The Labute approximate surface area is 151 Å². The summed E-state index contributed by atoms with van der Waals surface area (Å²) in [7, 11) is 1.50. The Morgan fingerprint density at radius 1 is 1.12 bits per heavy atom. The lowest BCUT2D eigenvalue weighted by molar-refractivity contribution is -0.119. The predicted molar refractivity (Wildman–Crippen MR) is 98.1 cm³/mol. The van der Waals surface area contributed by atoms with E-state index in [1.807, 2.05) is 42.5 Å². The predicted octanol–water partition coefficient (Wildman–Crippen LogP) is 3.86. The number of nitrogens with one attached hydrogen (secondary N) is 1. The van der Waals surface area contributed by atoms with Gasteiger partial charge in [0, 0.05) is 23.6 Å². The van der Waals surface area contributed by atoms with Gasteiger partial charge in [-0.1, -0.05) is 24.3 Å². The molecular formula is C21H21NO4. The number of hydrogen-bond acceptors (Lipinski definition) is 5. The SMILES string of the molecule is COC1=CC2CC(Nc3ccccc3)c3ccc(O)c(O)c3C2CC1=O. The minimum Gasteiger partial charge on any atom is -0.504 e. The Hall–Kier alpha value is -2.95. The van der Waals surface area contributed by atoms with Crippen LogP contribution in [0, 0.1) is 5.92 Å². The highest BCUT2D eigenvalue weighted by Crippen LogP contribution is 2.52. The summed E-state index contributed by atoms with van der Waals surface area (Å²) < 4.78 is 5.23. The van der Waals surface area contributed by atoms with Gasteiger partial charge in [-0.15, -0.1) is 0 Å². The summed E-state index contributed by atoms with van der Waals surface area (Å²) in [5.74, 6) is -0.0814. The first-order chi connectivity index (χ1) is 12.6. The van der Waals surface area contributed by atoms with Crippen LogP contribution in [0.5, 0.6) is 11.5 Å². The molecule has 0 saturated carbocycles. The second kappa shape index (κ2) is 6.41. The number of rotatable bonds is 3. The van der Waals surface area contributed by atoms with Gasteiger partial charge in [0.2, 0.25) is 0 Å². The molecule has 0 aliphatic heterocycles. The van der Waals surface area contributed by atoms with Crippen LogP contribution in [0.1, 0.15) is 35.9 Å². The smallest absolute Gasteiger partial charge is 0.197 e. The van der Waals surface area contributed by atoms with Crippen LogP contribution in [0.15, 0.2) is 54.3 Å². The van der Waals surface area contributed by atoms with Crippen LogP contribution >= 0.6 is 0 Å². The van der Waals surface area contributed by atoms with Crippen molar-refractivity contribution < 1.29 is 19.7 Å². The van der Waals surface area contributed by atoms with E-state index in [0.29, 0.717) is 11.3 Å². The highest BCUT2D eigenvalue weighted by atomic mass is 16.5. The molecular weight excluding hydrogens is 330 g/mol. The second-order valence-electron chi connectivity index (χ2n) is 6.87. The van der Waals surface area contributed by atoms with Gasteiger partial charge in [0.25, 0.3) is 0 Å². The average molecular weight is 351 g/mol. The van der Waals surface area contributed by atoms with Crippen LogP contribution in [0.25, 0.3) is 0 Å². The van der Waals surface area contributed by atoms with Crippen LogP contribution in [0.4, 0.5) is 5.69 Å². The standard InChI is InChI=1S/C21H21NO4/c1-26-19-10-12-9-16(22-13-5-3-2-4-6-13)14-7-8-17(23)21(25)20(14)15(12)11-18(19)24/h2-8,10,12,15-16,22-23,25H,9,11H2,1H3. The van der Waals surface area contributed by atoms with Gasteiger partial charge in [0.15, 0.2) is 23.0 Å². The fraction of sp³-hybridized carbons (Fsp3) is 0.286. The van der Waals surface area contributed by atoms with Crippen molar-refractivity contribution >= 4 is 11.5 Å². The number of phenolic OH excluding ortho intramolecular Hbond substituents is 2. The number of benzene rings is 2. The molecule has 2 aromatic rings. The van der Waals surface area contributed by atoms with Gasteiger partial charge in [0.1, 0.15) is 0 Å². The lowest BCUT2D eigenvalue weighted by Crippen LogP contribution is -2.32. The molecule has 0 spiro atoms. The largest absolute Gasteiger partial charge is 0.504 e. The van der Waals surface area contributed by atoms with E-state index >= 15 is 0 Å². The fourth-order valence-corrected chi connectivity index (χ4v) is 4.16. The number of para-hydroxylation sites is 1. The van der Waals surface area contributed by atoms with E-state index in [1.54, 1.807) is 0 Å². The molecule has 2 aliphatic carbocycles. The summed E-state index contributed by atoms with van der Waals surface area (Å²) in [6.45, 7) is 0. The molecule has 3 atom stereocenters. The lowest BCUT2D eigenvalue weighted by atomic mass is 9.68. The molecule has 26 heavy (non-hydrogen) atoms. The molecule has 5 nitrogen and oxygen atoms in total. The monoisotopic (exact) mass is 351 g/mol. The molecule has 0 heterocycles. The Bertz CT molecular complexity index is 875. The summed E-state index contributed by atoms with van der Waals surface area (Å²) >= 11 is 0. The van der Waals surface area contributed by atoms with E-state index in [9.17, 15) is 15.0 Å². The first-order valence-electron chi connectivity index (χ1n) is 8.73. The molecule has 0 bridgehead atoms. The van der Waals surface area contributed by atoms with Gasteiger partial charge in [-0.25, -0.2) is 0 Å². The van der Waals surface area contributed by atoms with Crippen molar-refractivity contribution in [3.05, 3.63) is 65.4 Å². The molecule has 134 valence electrons. The molecule has 2 aliphatic rings. The molecule has 0 aromatic heterocycles. The second-order valence-corrected chi connectivity index (χ2v) is 6.87. The van der Waals surface area contributed by atoms with E-state index in [0.717, 1.165) is 17.7 Å². The third-order valence-electron chi connectivity index (χ3n) is 5.38. The maximum atomic E-state index is 12.3. The molecule has 3 N–H and O–H groups in total. The van der Waals surface area contributed by atoms with Crippen molar-refractivity contribution in [2.75, 3.05) is 12.4 Å². The number of Topliss-reactive ketones (excluding diaryl/α,β-unsaturated/α-hetero) is 1. The summed E-state index contributed by atoms with van der Waals surface area (Å²) in [4.78, 5) is 12.3. The van der Waals surface area contributed by atoms with Gasteiger partial charge in [0.05, 0.1) is 13.2 Å². The average Bonchev–Trinajstić information content (AvgIpc) is 2.65. The number of anilines is 1. The summed E-state index contributed by atoms with van der Waals surface area (Å²) in [6.07, 6.45) is 2.91. The van der Waals surface area contributed by atoms with Crippen LogP contribution < -0.4 is 5.32 Å². The Balaban J connectivity index is 1.79. The highest BCUT2D eigenvalue weighted by Gasteiger charge is 2.41. The molecule has 2 aromatic carbocycles. The van der Waals surface area contributed by atoms with Gasteiger partial charge in [-0.2, -0.15) is 0 Å². The molecule has 0 saturated heterocycles. The first-order valence-corrected chi connectivity index (χ1v) is 8.73. The topological polar surface area (TPSA) is 78.8 Å². The number of hydrogen-bond donors (Lipinski definition) is 3. The van der Waals surface area contributed by atoms with Crippen molar-refractivity contribution in [2.24, 2.45) is 5.92 Å². The summed E-state index contributed by atoms with van der Waals surface area (Å²) in [5.41, 5.74) is 2.57. The number of ketones is 1. The summed E-state index contributed by atoms with van der Waals surface area (Å²) in [6, 6.07) is 13.2. The Morgan fingerprint density at radius 2 is 1.88 bits per heavy atom. The fourth-order valence-electron chi connectivity index (χ4n) is 4.16. The Morgan fingerprint density at radius 3 is 2.62 bits per heavy atom. The zero-order valence-electron chi connectivity index (χ0n) is 14.5. The van der Waals surface area contributed by atoms with E-state index in [2.05, 4.69) is 5.32 Å². The third kappa shape index (κ3) is 2.69. The summed E-state index contributed by atoms with van der Waals surface area (Å²) in [5, 5.41) is 24.1. The van der Waals surface area contributed by atoms with Gasteiger partial charge in [-0.05, 0) is 42.2 Å². The zero-order chi connectivity index (χ0) is 18.3. The van der Waals surface area contributed by atoms with Crippen molar-refractivity contribution in [2.45, 2.75) is 24.8 Å². The van der Waals surface area contributed by atoms with Gasteiger partial charge in [-0.3, -0.25) is 4.79 Å².